The Kier molecular flexibility index (Phi) is 17.4. The molecule has 2 aliphatic heterocycles. The van der Waals surface area contributed by atoms with Gasteiger partial charge in [0.15, 0.2) is 5.78 Å². The molecule has 0 aliphatic carbocycles. The topological polar surface area (TPSA) is 159 Å². The van der Waals surface area contributed by atoms with Crippen molar-refractivity contribution in [1.82, 2.24) is 21.0 Å². The first-order valence-electron chi connectivity index (χ1n) is 20.2. The van der Waals surface area contributed by atoms with E-state index in [2.05, 4.69) is 26.1 Å². The van der Waals surface area contributed by atoms with Crippen LogP contribution in [0.25, 0.3) is 0 Å². The summed E-state index contributed by atoms with van der Waals surface area (Å²) in [4.78, 5) is 70.2. The van der Waals surface area contributed by atoms with Crippen molar-refractivity contribution in [3.05, 3.63) is 71.8 Å². The number of aryl methyl sites for hydroxylation is 1. The lowest BCUT2D eigenvalue weighted by Gasteiger charge is -2.28. The van der Waals surface area contributed by atoms with Crippen molar-refractivity contribution in [2.45, 2.75) is 104 Å². The highest BCUT2D eigenvalue weighted by atomic mass is 16.6. The van der Waals surface area contributed by atoms with E-state index in [4.69, 9.17) is 9.47 Å². The minimum absolute atomic E-state index is 0.0192. The summed E-state index contributed by atoms with van der Waals surface area (Å²) >= 11 is 0. The van der Waals surface area contributed by atoms with E-state index in [9.17, 15) is 24.0 Å². The van der Waals surface area contributed by atoms with Crippen LogP contribution in [0.2, 0.25) is 0 Å². The van der Waals surface area contributed by atoms with Crippen LogP contribution in [0, 0.1) is 23.7 Å². The third-order valence-corrected chi connectivity index (χ3v) is 10.3. The van der Waals surface area contributed by atoms with Crippen LogP contribution in [0.1, 0.15) is 84.8 Å². The predicted octanol–water partition coefficient (Wildman–Crippen LogP) is 4.69. The number of hydrogen-bond acceptors (Lipinski definition) is 9. The van der Waals surface area contributed by atoms with E-state index in [0.29, 0.717) is 70.7 Å². The number of amides is 3. The molecule has 4 rings (SSSR count). The van der Waals surface area contributed by atoms with Crippen molar-refractivity contribution in [2.75, 3.05) is 39.5 Å². The first-order chi connectivity index (χ1) is 26.7. The maximum absolute atomic E-state index is 14.4. The highest BCUT2D eigenvalue weighted by Gasteiger charge is 2.48. The van der Waals surface area contributed by atoms with E-state index in [1.807, 2.05) is 95.3 Å². The Morgan fingerprint density at radius 2 is 1.34 bits per heavy atom. The van der Waals surface area contributed by atoms with Crippen LogP contribution in [0.3, 0.4) is 0 Å². The number of hydrogen-bond donors (Lipinski definition) is 3. The number of nitrogens with one attached hydrogen (secondary N) is 3. The molecular weight excluding hydrogens is 711 g/mol. The van der Waals surface area contributed by atoms with Gasteiger partial charge in [-0.15, -0.1) is 0 Å². The summed E-state index contributed by atoms with van der Waals surface area (Å²) in [5.74, 6) is -2.40. The molecular formula is C44H63N5O7. The van der Waals surface area contributed by atoms with Gasteiger partial charge in [-0.05, 0) is 62.0 Å². The van der Waals surface area contributed by atoms with E-state index in [-0.39, 0.29) is 60.5 Å². The molecule has 2 fully saturated rings. The molecule has 0 aromatic heterocycles. The zero-order valence-electron chi connectivity index (χ0n) is 34.2. The number of Topliss-reactive ketones (excluding diaryl/α,β-unsaturated/α-hetero) is 2. The molecule has 2 aromatic carbocycles. The molecule has 0 spiro atoms. The Labute approximate surface area is 332 Å². The number of epoxide rings is 1. The maximum atomic E-state index is 14.4. The van der Waals surface area contributed by atoms with Gasteiger partial charge in [-0.1, -0.05) is 88.4 Å². The second-order valence-corrected chi connectivity index (χ2v) is 16.5. The average Bonchev–Trinajstić information content (AvgIpc) is 3.90. The fourth-order valence-electron chi connectivity index (χ4n) is 7.19. The zero-order valence-corrected chi connectivity index (χ0v) is 34.2. The predicted molar refractivity (Wildman–Crippen MR) is 217 cm³/mol. The Bertz CT molecular complexity index is 1620. The van der Waals surface area contributed by atoms with Crippen LogP contribution >= 0.6 is 0 Å². The van der Waals surface area contributed by atoms with Crippen LogP contribution in [0.5, 0.6) is 0 Å². The van der Waals surface area contributed by atoms with E-state index >= 15 is 0 Å². The summed E-state index contributed by atoms with van der Waals surface area (Å²) in [5, 5.41) is 10.6. The van der Waals surface area contributed by atoms with Crippen LogP contribution in [-0.2, 0) is 46.3 Å². The number of morpholine rings is 1. The summed E-state index contributed by atoms with van der Waals surface area (Å²) in [5.41, 5.74) is 4.29. The molecule has 2 aromatic rings. The molecule has 0 bridgehead atoms. The third-order valence-electron chi connectivity index (χ3n) is 10.3. The highest BCUT2D eigenvalue weighted by Crippen LogP contribution is 2.31. The van der Waals surface area contributed by atoms with Gasteiger partial charge in [0, 0.05) is 44.7 Å². The molecule has 0 saturated carbocycles. The fourth-order valence-corrected chi connectivity index (χ4v) is 7.19. The summed E-state index contributed by atoms with van der Waals surface area (Å²) < 4.78 is 11.2. The quantitative estimate of drug-likeness (QED) is 0.0835. The lowest BCUT2D eigenvalue weighted by molar-refractivity contribution is -0.134. The van der Waals surface area contributed by atoms with Crippen LogP contribution < -0.4 is 16.1 Å². The monoisotopic (exact) mass is 773 g/mol. The normalized spacial score (nSPS) is 19.5. The number of carbonyl (C=O) groups excluding carboxylic acids is 5. The van der Waals surface area contributed by atoms with Crippen LogP contribution in [0.15, 0.2) is 65.8 Å². The summed E-state index contributed by atoms with van der Waals surface area (Å²) in [6, 6.07) is 18.0. The van der Waals surface area contributed by atoms with Crippen molar-refractivity contribution in [2.24, 2.45) is 28.8 Å². The third kappa shape index (κ3) is 15.0. The number of nitrogens with zero attached hydrogens (tertiary/aromatic N) is 2. The first kappa shape index (κ1) is 44.5. The molecule has 0 unspecified atom stereocenters. The summed E-state index contributed by atoms with van der Waals surface area (Å²) in [7, 11) is 0. The molecule has 56 heavy (non-hydrogen) atoms. The number of ether oxygens (including phenoxy) is 2. The Balaban J connectivity index is 1.55. The minimum atomic E-state index is -0.843. The molecule has 5 atom stereocenters. The molecule has 12 nitrogen and oxygen atoms in total. The molecule has 2 saturated heterocycles. The van der Waals surface area contributed by atoms with Gasteiger partial charge >= 0.3 is 0 Å². The zero-order chi connectivity index (χ0) is 40.7. The Morgan fingerprint density at radius 1 is 0.786 bits per heavy atom. The van der Waals surface area contributed by atoms with Crippen molar-refractivity contribution >= 4 is 35.0 Å². The van der Waals surface area contributed by atoms with Crippen LogP contribution in [-0.4, -0.2) is 97.0 Å². The molecule has 2 heterocycles. The van der Waals surface area contributed by atoms with Crippen LogP contribution in [0.4, 0.5) is 0 Å². The van der Waals surface area contributed by atoms with Gasteiger partial charge in [0.25, 0.3) is 0 Å². The Hall–Kier alpha value is -4.26. The van der Waals surface area contributed by atoms with Gasteiger partial charge in [-0.3, -0.25) is 28.9 Å². The number of rotatable bonds is 23. The summed E-state index contributed by atoms with van der Waals surface area (Å²) in [6.07, 6.45) is 2.25. The van der Waals surface area contributed by atoms with E-state index in [1.165, 1.54) is 6.92 Å². The van der Waals surface area contributed by atoms with Gasteiger partial charge in [0.05, 0.1) is 44.2 Å². The van der Waals surface area contributed by atoms with Crippen molar-refractivity contribution in [3.8, 4) is 0 Å². The second kappa shape index (κ2) is 21.9. The van der Waals surface area contributed by atoms with Gasteiger partial charge in [0.2, 0.25) is 17.7 Å². The largest absolute Gasteiger partial charge is 0.379 e. The van der Waals surface area contributed by atoms with Gasteiger partial charge in [0.1, 0.15) is 11.4 Å². The van der Waals surface area contributed by atoms with Crippen molar-refractivity contribution < 1.29 is 33.4 Å². The maximum Gasteiger partial charge on any atom is 0.236 e. The SMILES string of the molecule is CC(=O)N/N=C(/[C@H](CC(C)C)NC(=O)[C@@H](CC(=O)[C@H](CC(C)C)NC(=O)[C@H](CCc1ccccc1)CC(=O)CN1CCOCC1)Cc1ccccc1)[C@@]1(C)CO1. The van der Waals surface area contributed by atoms with Gasteiger partial charge < -0.3 is 20.1 Å². The minimum Gasteiger partial charge on any atom is -0.379 e. The average molecular weight is 774 g/mol. The first-order valence-corrected chi connectivity index (χ1v) is 20.2. The van der Waals surface area contributed by atoms with Crippen molar-refractivity contribution in [1.29, 1.82) is 0 Å². The molecule has 2 aliphatic rings. The fraction of sp³-hybridized carbons (Fsp3) is 0.591. The molecule has 0 radical (unpaired) electrons. The molecule has 3 amide bonds. The second-order valence-electron chi connectivity index (χ2n) is 16.5. The standard InChI is InChI=1S/C44H63N5O7/c1-30(2)23-38(45-42(53)35(18-17-33-13-9-7-10-14-33)26-37(51)28-49-19-21-55-22-20-49)40(52)27-36(25-34-15-11-8-12-16-34)43(54)46-39(24-31(3)4)41(44(6)29-56-44)48-47-32(5)50/h7-16,30-31,35-36,38-39H,17-29H2,1-6H3,(H,45,53)(H,46,54)(H,47,50)/b48-41-/t35-,36-,38+,39+,44-/m1/s1. The van der Waals surface area contributed by atoms with E-state index < -0.39 is 29.5 Å². The van der Waals surface area contributed by atoms with E-state index in [0.717, 1.165) is 11.1 Å². The van der Waals surface area contributed by atoms with Crippen molar-refractivity contribution in [3.63, 3.8) is 0 Å². The van der Waals surface area contributed by atoms with Gasteiger partial charge in [-0.2, -0.15) is 5.10 Å². The lowest BCUT2D eigenvalue weighted by atomic mass is 9.87. The molecule has 3 N–H and O–H groups in total. The molecule has 12 heteroatoms. The number of carbonyl (C=O) groups is 5. The van der Waals surface area contributed by atoms with E-state index in [1.54, 1.807) is 0 Å². The number of benzene rings is 2. The number of ketones is 2. The number of hydrazone groups is 1. The highest BCUT2D eigenvalue weighted by molar-refractivity contribution is 6.02. The Morgan fingerprint density at radius 3 is 1.91 bits per heavy atom. The molecule has 306 valence electrons. The smallest absolute Gasteiger partial charge is 0.236 e. The lowest BCUT2D eigenvalue weighted by Crippen LogP contribution is -2.51. The van der Waals surface area contributed by atoms with Gasteiger partial charge in [-0.25, -0.2) is 5.43 Å². The summed E-state index contributed by atoms with van der Waals surface area (Å²) in [6.45, 7) is 14.5.